The molecule has 2 aliphatic carbocycles. The average molecular weight is 655 g/mol. The molecule has 0 amide bonds. The normalized spacial score (nSPS) is 30.7. The summed E-state index contributed by atoms with van der Waals surface area (Å²) in [4.78, 5) is 24.1. The molecular formula is C16H11F2I2O8S-. The van der Waals surface area contributed by atoms with Crippen molar-refractivity contribution in [3.8, 4) is 5.75 Å². The van der Waals surface area contributed by atoms with Gasteiger partial charge in [-0.1, -0.05) is 0 Å². The minimum Gasteiger partial charge on any atom is -0.743 e. The number of halogens is 4. The molecule has 0 radical (unpaired) electrons. The number of ether oxygens (including phenoxy) is 3. The van der Waals surface area contributed by atoms with E-state index in [9.17, 15) is 31.3 Å². The fourth-order valence-electron chi connectivity index (χ4n) is 4.12. The molecule has 1 aliphatic heterocycles. The first-order valence-corrected chi connectivity index (χ1v) is 11.9. The van der Waals surface area contributed by atoms with Gasteiger partial charge in [-0.15, -0.1) is 0 Å². The van der Waals surface area contributed by atoms with Crippen LogP contribution in [0.5, 0.6) is 5.75 Å². The topological polar surface area (TPSA) is 119 Å². The van der Waals surface area contributed by atoms with Crippen molar-refractivity contribution in [2.75, 3.05) is 0 Å². The predicted molar refractivity (Wildman–Crippen MR) is 106 cm³/mol. The molecule has 158 valence electrons. The smallest absolute Gasteiger partial charge is 0.428 e. The van der Waals surface area contributed by atoms with Crippen molar-refractivity contribution in [1.82, 2.24) is 0 Å². The zero-order valence-corrected chi connectivity index (χ0v) is 19.3. The first-order chi connectivity index (χ1) is 13.4. The van der Waals surface area contributed by atoms with Crippen molar-refractivity contribution in [3.63, 3.8) is 0 Å². The van der Waals surface area contributed by atoms with Crippen LogP contribution in [0.3, 0.4) is 0 Å². The van der Waals surface area contributed by atoms with Crippen molar-refractivity contribution >= 4 is 67.2 Å². The Morgan fingerprint density at radius 1 is 1.28 bits per heavy atom. The molecule has 0 N–H and O–H groups in total. The molecule has 3 aliphatic rings. The average Bonchev–Trinajstić information content (AvgIpc) is 3.14. The van der Waals surface area contributed by atoms with E-state index in [-0.39, 0.29) is 12.8 Å². The van der Waals surface area contributed by atoms with E-state index in [0.717, 1.165) is 3.57 Å². The van der Waals surface area contributed by atoms with Gasteiger partial charge in [0.2, 0.25) is 0 Å². The number of carbonyl (C=O) groups excluding carboxylic acids is 2. The van der Waals surface area contributed by atoms with E-state index in [4.69, 9.17) is 9.47 Å². The largest absolute Gasteiger partial charge is 0.743 e. The van der Waals surface area contributed by atoms with Gasteiger partial charge in [-0.2, -0.15) is 8.78 Å². The van der Waals surface area contributed by atoms with Crippen molar-refractivity contribution in [2.24, 2.45) is 11.8 Å². The highest BCUT2D eigenvalue weighted by molar-refractivity contribution is 14.1. The van der Waals surface area contributed by atoms with Crippen LogP contribution in [0.15, 0.2) is 12.1 Å². The van der Waals surface area contributed by atoms with Gasteiger partial charge in [-0.05, 0) is 70.2 Å². The highest BCUT2D eigenvalue weighted by Gasteiger charge is 2.63. The molecule has 0 aromatic heterocycles. The van der Waals surface area contributed by atoms with E-state index in [1.807, 2.05) is 22.6 Å². The Hall–Kier alpha value is -0.810. The van der Waals surface area contributed by atoms with Crippen molar-refractivity contribution in [1.29, 1.82) is 0 Å². The number of benzene rings is 1. The molecule has 0 saturated heterocycles. The predicted octanol–water partition coefficient (Wildman–Crippen LogP) is 2.62. The molecule has 1 aromatic rings. The van der Waals surface area contributed by atoms with Crippen LogP contribution in [0.1, 0.15) is 29.6 Å². The second-order valence-corrected chi connectivity index (χ2v) is 10.7. The van der Waals surface area contributed by atoms with Crippen LogP contribution in [0.2, 0.25) is 0 Å². The van der Waals surface area contributed by atoms with E-state index in [0.29, 0.717) is 21.3 Å². The van der Waals surface area contributed by atoms with E-state index in [1.165, 1.54) is 0 Å². The maximum atomic E-state index is 13.4. The first kappa shape index (κ1) is 21.4. The van der Waals surface area contributed by atoms with E-state index in [2.05, 4.69) is 27.3 Å². The minimum absolute atomic E-state index is 0.0372. The zero-order chi connectivity index (χ0) is 21.4. The highest BCUT2D eigenvalue weighted by Crippen LogP contribution is 2.56. The number of esters is 2. The van der Waals surface area contributed by atoms with Gasteiger partial charge < -0.3 is 18.8 Å². The van der Waals surface area contributed by atoms with Gasteiger partial charge in [0.1, 0.15) is 17.4 Å². The van der Waals surface area contributed by atoms with Crippen LogP contribution >= 0.6 is 45.2 Å². The number of hydrogen-bond acceptors (Lipinski definition) is 8. The number of hydrogen-bond donors (Lipinski definition) is 0. The Bertz CT molecular complexity index is 1030. The molecule has 4 atom stereocenters. The Morgan fingerprint density at radius 2 is 1.97 bits per heavy atom. The lowest BCUT2D eigenvalue weighted by Gasteiger charge is -2.42. The summed E-state index contributed by atoms with van der Waals surface area (Å²) in [5.74, 6) is -4.80. The number of fused-ring (bicyclic) bond motifs is 4. The third kappa shape index (κ3) is 3.31. The molecule has 4 unspecified atom stereocenters. The van der Waals surface area contributed by atoms with Crippen LogP contribution in [-0.2, 0) is 24.4 Å². The van der Waals surface area contributed by atoms with Gasteiger partial charge in [0.15, 0.2) is 10.1 Å². The summed E-state index contributed by atoms with van der Waals surface area (Å²) in [7, 11) is -6.18. The van der Waals surface area contributed by atoms with Gasteiger partial charge in [0.05, 0.1) is 0 Å². The molecule has 2 saturated carbocycles. The van der Waals surface area contributed by atoms with E-state index >= 15 is 0 Å². The standard InChI is InChI=1S/C16H12F2I2O8S/c17-16(18,29(23,24)25)14(22)26-10-4-7-3-6(10)5-15(7)27-9-2-1-8(19)12(20)11(9)13(21)28-15/h1-2,6-7,10H,3-5H2,(H,23,24,25)/p-1. The van der Waals surface area contributed by atoms with Gasteiger partial charge in [0, 0.05) is 25.4 Å². The summed E-state index contributed by atoms with van der Waals surface area (Å²) in [6.07, 6.45) is -0.516. The van der Waals surface area contributed by atoms with Crippen LogP contribution in [0.25, 0.3) is 0 Å². The molecule has 29 heavy (non-hydrogen) atoms. The first-order valence-electron chi connectivity index (χ1n) is 8.30. The maximum absolute atomic E-state index is 13.4. The Balaban J connectivity index is 1.52. The Kier molecular flexibility index (Phi) is 5.06. The molecule has 2 bridgehead atoms. The number of alkyl halides is 2. The SMILES string of the molecule is O=C1OC2(CC3CC2CC3OC(=O)C(F)(F)S(=O)(=O)[O-])Oc2ccc(I)c(I)c21. The summed E-state index contributed by atoms with van der Waals surface area (Å²) in [6.45, 7) is 0. The molecular weight excluding hydrogens is 644 g/mol. The van der Waals surface area contributed by atoms with Crippen molar-refractivity contribution in [2.45, 2.75) is 36.4 Å². The van der Waals surface area contributed by atoms with Crippen LogP contribution in [-0.4, -0.2) is 42.1 Å². The summed E-state index contributed by atoms with van der Waals surface area (Å²) in [5, 5.41) is -5.16. The van der Waals surface area contributed by atoms with Crippen LogP contribution < -0.4 is 4.74 Å². The molecule has 1 aromatic carbocycles. The zero-order valence-electron chi connectivity index (χ0n) is 14.2. The third-order valence-corrected chi connectivity index (χ3v) is 9.26. The van der Waals surface area contributed by atoms with E-state index < -0.39 is 51.0 Å². The van der Waals surface area contributed by atoms with E-state index in [1.54, 1.807) is 12.1 Å². The Morgan fingerprint density at radius 3 is 2.55 bits per heavy atom. The Labute approximate surface area is 190 Å². The van der Waals surface area contributed by atoms with Gasteiger partial charge >= 0.3 is 17.2 Å². The maximum Gasteiger partial charge on any atom is 0.428 e. The fraction of sp³-hybridized carbons (Fsp3) is 0.500. The quantitative estimate of drug-likeness (QED) is 0.277. The lowest BCUT2D eigenvalue weighted by Crippen LogP contribution is -2.51. The fourth-order valence-corrected chi connectivity index (χ4v) is 5.49. The van der Waals surface area contributed by atoms with Gasteiger partial charge in [0.25, 0.3) is 5.79 Å². The van der Waals surface area contributed by atoms with Crippen molar-refractivity contribution < 1.29 is 45.6 Å². The molecule has 4 rings (SSSR count). The molecule has 1 heterocycles. The van der Waals surface area contributed by atoms with Gasteiger partial charge in [-0.25, -0.2) is 18.0 Å². The lowest BCUT2D eigenvalue weighted by atomic mass is 9.90. The summed E-state index contributed by atoms with van der Waals surface area (Å²) < 4.78 is 76.3. The monoisotopic (exact) mass is 655 g/mol. The van der Waals surface area contributed by atoms with Crippen molar-refractivity contribution in [3.05, 3.63) is 24.8 Å². The summed E-state index contributed by atoms with van der Waals surface area (Å²) in [6, 6.07) is 3.45. The van der Waals surface area contributed by atoms with Crippen LogP contribution in [0.4, 0.5) is 8.78 Å². The lowest BCUT2D eigenvalue weighted by molar-refractivity contribution is -0.202. The summed E-state index contributed by atoms with van der Waals surface area (Å²) >= 11 is 4.10. The second kappa shape index (κ2) is 6.85. The number of rotatable bonds is 3. The molecule has 13 heteroatoms. The minimum atomic E-state index is -6.18. The number of carbonyl (C=O) groups is 2. The molecule has 8 nitrogen and oxygen atoms in total. The summed E-state index contributed by atoms with van der Waals surface area (Å²) in [5.41, 5.74) is 0.314. The third-order valence-electron chi connectivity index (χ3n) is 5.42. The highest BCUT2D eigenvalue weighted by atomic mass is 127. The van der Waals surface area contributed by atoms with Crippen LogP contribution in [0, 0.1) is 19.0 Å². The molecule has 1 spiro atoms. The van der Waals surface area contributed by atoms with Gasteiger partial charge in [-0.3, -0.25) is 0 Å². The molecule has 2 fully saturated rings. The second-order valence-electron chi connectivity index (χ2n) is 7.09.